The van der Waals surface area contributed by atoms with E-state index in [1.54, 1.807) is 0 Å². The third kappa shape index (κ3) is 22.5. The van der Waals surface area contributed by atoms with E-state index in [-0.39, 0.29) is 16.5 Å². The second-order valence-corrected chi connectivity index (χ2v) is 0. The van der Waals surface area contributed by atoms with Crippen LogP contribution in [0.2, 0.25) is 0 Å². The summed E-state index contributed by atoms with van der Waals surface area (Å²) in [5, 5.41) is 0. The fourth-order valence-electron chi connectivity index (χ4n) is 0. The average Bonchev–Trinajstić information content (AvgIpc) is 1.50. The molecule has 0 aliphatic rings. The van der Waals surface area contributed by atoms with E-state index in [1.807, 2.05) is 0 Å². The molecule has 0 nitrogen and oxygen atoms in total. The van der Waals surface area contributed by atoms with Gasteiger partial charge in [0.15, 0.2) is 0 Å². The molecule has 0 saturated heterocycles. The molecule has 0 saturated carbocycles. The van der Waals surface area contributed by atoms with Gasteiger partial charge < -0.3 is 0 Å². The van der Waals surface area contributed by atoms with Crippen LogP contribution in [0.5, 0.6) is 0 Å². The van der Waals surface area contributed by atoms with Crippen LogP contribution in [0.25, 0.3) is 0 Å². The molecular formula is H8NiP4. The van der Waals surface area contributed by atoms with Gasteiger partial charge in [0.2, 0.25) is 0 Å². The summed E-state index contributed by atoms with van der Waals surface area (Å²) in [7, 11) is 9.33. The van der Waals surface area contributed by atoms with Gasteiger partial charge in [-0.15, -0.1) is 35.7 Å². The van der Waals surface area contributed by atoms with Gasteiger partial charge in [-0.05, 0) is 0 Å². The molecule has 0 spiro atoms. The van der Waals surface area contributed by atoms with Crippen LogP contribution >= 0.6 is 35.7 Å². The quantitative estimate of drug-likeness (QED) is 0.399. The SMILES string of the molecule is PP.PP.[Ni]. The first-order valence-corrected chi connectivity index (χ1v) is 6.00. The van der Waals surface area contributed by atoms with Crippen LogP contribution in [-0.2, 0) is 16.5 Å². The molecule has 0 bridgehead atoms. The van der Waals surface area contributed by atoms with Gasteiger partial charge in [-0.2, -0.15) is 0 Å². The van der Waals surface area contributed by atoms with Crippen molar-refractivity contribution in [2.75, 3.05) is 0 Å². The fourth-order valence-corrected chi connectivity index (χ4v) is 0. The van der Waals surface area contributed by atoms with Crippen molar-refractivity contribution >= 4 is 35.7 Å². The first-order valence-electron chi connectivity index (χ1n) is 0.667. The number of hydrogen-bond donors (Lipinski definition) is 0. The Morgan fingerprint density at radius 3 is 0.600 bits per heavy atom. The number of rotatable bonds is 0. The van der Waals surface area contributed by atoms with Crippen LogP contribution in [-0.4, -0.2) is 0 Å². The summed E-state index contributed by atoms with van der Waals surface area (Å²) in [5.41, 5.74) is 0. The molecule has 0 radical (unpaired) electrons. The molecule has 0 N–H and O–H groups in total. The summed E-state index contributed by atoms with van der Waals surface area (Å²) in [6, 6.07) is 0. The molecule has 0 aromatic heterocycles. The minimum atomic E-state index is 0. The van der Waals surface area contributed by atoms with Gasteiger partial charge >= 0.3 is 0 Å². The van der Waals surface area contributed by atoms with E-state index >= 15 is 0 Å². The summed E-state index contributed by atoms with van der Waals surface area (Å²) in [6.45, 7) is 0. The first-order chi connectivity index (χ1) is 2.00. The number of hydrogen-bond acceptors (Lipinski definition) is 0. The molecule has 0 amide bonds. The predicted octanol–water partition coefficient (Wildman–Crippen LogP) is 1.30. The van der Waals surface area contributed by atoms with Gasteiger partial charge in [-0.3, -0.25) is 0 Å². The Balaban J connectivity index is -0.0000000133. The molecule has 0 aliphatic heterocycles. The zero-order valence-electron chi connectivity index (χ0n) is 2.63. The Bertz CT molecular complexity index is 3.61. The maximum atomic E-state index is 2.33. The monoisotopic (exact) mass is 190 g/mol. The van der Waals surface area contributed by atoms with Crippen molar-refractivity contribution < 1.29 is 16.5 Å². The van der Waals surface area contributed by atoms with Crippen molar-refractivity contribution in [2.24, 2.45) is 0 Å². The smallest absolute Gasteiger partial charge is 0 e. The van der Waals surface area contributed by atoms with E-state index in [9.17, 15) is 0 Å². The van der Waals surface area contributed by atoms with Crippen molar-refractivity contribution in [3.8, 4) is 0 Å². The van der Waals surface area contributed by atoms with Gasteiger partial charge in [0.1, 0.15) is 0 Å². The molecule has 5 heavy (non-hydrogen) atoms. The molecule has 5 heteroatoms. The zero-order valence-corrected chi connectivity index (χ0v) is 8.23. The summed E-state index contributed by atoms with van der Waals surface area (Å²) in [4.78, 5) is 0. The van der Waals surface area contributed by atoms with Crippen LogP contribution in [0.1, 0.15) is 0 Å². The van der Waals surface area contributed by atoms with E-state index in [0.29, 0.717) is 0 Å². The molecule has 0 fully saturated rings. The Hall–Kier alpha value is 2.21. The maximum Gasteiger partial charge on any atom is 0 e. The van der Waals surface area contributed by atoms with Gasteiger partial charge in [0, 0.05) is 16.5 Å². The maximum absolute atomic E-state index is 2.33. The Labute approximate surface area is 52.5 Å². The summed E-state index contributed by atoms with van der Waals surface area (Å²) in [6.07, 6.45) is 0. The molecule has 0 aromatic rings. The van der Waals surface area contributed by atoms with E-state index in [0.717, 1.165) is 0 Å². The van der Waals surface area contributed by atoms with E-state index in [2.05, 4.69) is 35.7 Å². The fraction of sp³-hybridized carbons (Fsp3) is 0. The third-order valence-electron chi connectivity index (χ3n) is 0. The van der Waals surface area contributed by atoms with Crippen LogP contribution < -0.4 is 0 Å². The largest absolute Gasteiger partial charge is 0.118 e. The standard InChI is InChI=1S/Ni.2H4P2/c;2*1-2/h;2*1-2H2. The van der Waals surface area contributed by atoms with Crippen LogP contribution in [0, 0.1) is 0 Å². The van der Waals surface area contributed by atoms with Crippen molar-refractivity contribution in [1.82, 2.24) is 0 Å². The van der Waals surface area contributed by atoms with E-state index < -0.39 is 0 Å². The van der Waals surface area contributed by atoms with Gasteiger partial charge in [-0.25, -0.2) is 0 Å². The summed E-state index contributed by atoms with van der Waals surface area (Å²) >= 11 is 0. The molecule has 0 heterocycles. The van der Waals surface area contributed by atoms with Gasteiger partial charge in [0.05, 0.1) is 0 Å². The normalized spacial score (nSPS) is 2.40. The third-order valence-corrected chi connectivity index (χ3v) is 0. The Morgan fingerprint density at radius 1 is 0.600 bits per heavy atom. The van der Waals surface area contributed by atoms with E-state index in [4.69, 9.17) is 0 Å². The first kappa shape index (κ1) is 15.7. The molecule has 4 unspecified atom stereocenters. The van der Waals surface area contributed by atoms with Crippen molar-refractivity contribution in [3.63, 3.8) is 0 Å². The van der Waals surface area contributed by atoms with Crippen molar-refractivity contribution in [3.05, 3.63) is 0 Å². The Kier molecular flexibility index (Phi) is 108. The van der Waals surface area contributed by atoms with Crippen LogP contribution in [0.4, 0.5) is 0 Å². The Morgan fingerprint density at radius 2 is 0.600 bits per heavy atom. The molecule has 0 rings (SSSR count). The summed E-state index contributed by atoms with van der Waals surface area (Å²) in [5.74, 6) is 0. The average molecular weight is 191 g/mol. The minimum absolute atomic E-state index is 0. The second kappa shape index (κ2) is 34.5. The summed E-state index contributed by atoms with van der Waals surface area (Å²) < 4.78 is 0. The molecular weight excluding hydrogens is 183 g/mol. The molecule has 0 aromatic carbocycles. The predicted molar refractivity (Wildman–Crippen MR) is 38.8 cm³/mol. The van der Waals surface area contributed by atoms with Crippen LogP contribution in [0.3, 0.4) is 0 Å². The molecule has 0 aliphatic carbocycles. The van der Waals surface area contributed by atoms with Crippen molar-refractivity contribution in [1.29, 1.82) is 0 Å². The minimum Gasteiger partial charge on any atom is -0.118 e. The molecule has 4 atom stereocenters. The second-order valence-electron chi connectivity index (χ2n) is 0. The molecule has 38 valence electrons. The van der Waals surface area contributed by atoms with Crippen LogP contribution in [0.15, 0.2) is 0 Å². The topological polar surface area (TPSA) is 0 Å². The van der Waals surface area contributed by atoms with Crippen molar-refractivity contribution in [2.45, 2.75) is 0 Å². The zero-order chi connectivity index (χ0) is 4.00. The van der Waals surface area contributed by atoms with Gasteiger partial charge in [0.25, 0.3) is 0 Å². The van der Waals surface area contributed by atoms with Gasteiger partial charge in [-0.1, -0.05) is 0 Å². The van der Waals surface area contributed by atoms with E-state index in [1.165, 1.54) is 0 Å².